The van der Waals surface area contributed by atoms with Gasteiger partial charge in [0.25, 0.3) is 0 Å². The van der Waals surface area contributed by atoms with E-state index in [9.17, 15) is 14.7 Å². The number of carboxylic acids is 1. The van der Waals surface area contributed by atoms with Gasteiger partial charge in [-0.25, -0.2) is 4.79 Å². The third kappa shape index (κ3) is 12.2. The van der Waals surface area contributed by atoms with Gasteiger partial charge in [0.15, 0.2) is 0 Å². The van der Waals surface area contributed by atoms with Crippen LogP contribution in [0.4, 0.5) is 0 Å². The number of esters is 1. The molecule has 13 nitrogen and oxygen atoms in total. The molecule has 67 heavy (non-hydrogen) atoms. The molecule has 2 fully saturated rings. The van der Waals surface area contributed by atoms with Crippen molar-refractivity contribution in [2.45, 2.75) is 114 Å². The van der Waals surface area contributed by atoms with Gasteiger partial charge in [-0.15, -0.1) is 0 Å². The van der Waals surface area contributed by atoms with Crippen LogP contribution in [0.3, 0.4) is 0 Å². The first-order chi connectivity index (χ1) is 31.9. The zero-order valence-corrected chi connectivity index (χ0v) is 39.1. The topological polar surface area (TPSA) is 162 Å². The average Bonchev–Trinajstić information content (AvgIpc) is 4.20. The maximum Gasteiger partial charge on any atom is 1.00 e. The Balaban J connectivity index is 0.000000193. The third-order valence-corrected chi connectivity index (χ3v) is 13.9. The van der Waals surface area contributed by atoms with Crippen LogP contribution in [0.25, 0.3) is 0 Å². The molecule has 4 aromatic heterocycles. The predicted octanol–water partition coefficient (Wildman–Crippen LogP) is 4.95. The summed E-state index contributed by atoms with van der Waals surface area (Å²) in [6.07, 6.45) is 23.5. The maximum atomic E-state index is 12.6. The first-order valence-corrected chi connectivity index (χ1v) is 23.8. The number of methoxy groups -OCH3 is 1. The molecule has 346 valence electrons. The number of ether oxygens (including phenoxy) is 1. The smallest absolute Gasteiger partial charge is 0.870 e. The number of hydrogen-bond donors (Lipinski definition) is 1. The standard InChI is InChI=1S/C27H32N4O2.C26H30N4O2.Li.H2O/c1-33-27(32)26(22-8-3-2-4-9-22)30-16-15-24(19-30)31-18-20(17-28-31)11-13-23-14-12-21-7-5-6-10-25(21)29-23;31-26(32)25(21-7-2-1-3-8-21)29-15-14-23(18-29)30-17-19(16-27-30)10-12-22-13-11-20-6-4-5-9-24(20)28-22;;/h2-4,8-9,12,14,17-18,24,26H,5-7,10-11,13,15-16,19H2,1H3;1-3,7-8,11,13,16-17,23,25H,4-6,9-10,12,14-15,18H2,(H,31,32);;1H2/q;;+1;/p-1/t24-,26?;23-,25?;;/m11../s1. The normalized spacial score (nSPS) is 18.8. The SMILES string of the molecule is COC(=O)C(c1ccccc1)N1CC[C@@H](n2cc(CCc3ccc4c(n3)CCCC4)cn2)C1.O=C(O)C(c1ccccc1)N1CC[C@@H](n2cc(CCc3ccc4c(n3)CCCC4)cn2)C1.[Li+].[OH-]. The number of benzene rings is 2. The molecule has 0 radical (unpaired) electrons. The van der Waals surface area contributed by atoms with Crippen LogP contribution in [0.15, 0.2) is 110 Å². The van der Waals surface area contributed by atoms with E-state index in [2.05, 4.69) is 61.3 Å². The van der Waals surface area contributed by atoms with Gasteiger partial charge in [0.05, 0.1) is 31.6 Å². The van der Waals surface area contributed by atoms with E-state index in [4.69, 9.17) is 14.7 Å². The molecule has 0 spiro atoms. The minimum atomic E-state index is -0.796. The van der Waals surface area contributed by atoms with Gasteiger partial charge in [-0.2, -0.15) is 10.2 Å². The van der Waals surface area contributed by atoms with E-state index < -0.39 is 12.0 Å². The van der Waals surface area contributed by atoms with Gasteiger partial charge >= 0.3 is 30.8 Å². The fourth-order valence-corrected chi connectivity index (χ4v) is 10.3. The number of fused-ring (bicyclic) bond motifs is 2. The van der Waals surface area contributed by atoms with Crippen molar-refractivity contribution in [1.82, 2.24) is 39.3 Å². The minimum absolute atomic E-state index is 0. The Kier molecular flexibility index (Phi) is 17.4. The fraction of sp³-hybridized carbons (Fsp3) is 0.434. The van der Waals surface area contributed by atoms with Crippen LogP contribution in [-0.4, -0.2) is 95.1 Å². The molecular formula is C53H63LiN8O5. The Morgan fingerprint density at radius 3 is 1.54 bits per heavy atom. The number of hydrogen-bond acceptors (Lipinski definition) is 10. The van der Waals surface area contributed by atoms with Crippen LogP contribution in [0, 0.1) is 0 Å². The number of aromatic nitrogens is 6. The number of carbonyl (C=O) groups is 2. The van der Waals surface area contributed by atoms with Gasteiger partial charge in [-0.1, -0.05) is 72.8 Å². The molecule has 2 saturated heterocycles. The summed E-state index contributed by atoms with van der Waals surface area (Å²) in [5.74, 6) is -1.00. The Labute approximate surface area is 406 Å². The quantitative estimate of drug-likeness (QED) is 0.117. The molecular weight excluding hydrogens is 836 g/mol. The zero-order valence-electron chi connectivity index (χ0n) is 39.1. The van der Waals surface area contributed by atoms with Crippen LogP contribution >= 0.6 is 0 Å². The van der Waals surface area contributed by atoms with Gasteiger partial charge in [0.1, 0.15) is 12.1 Å². The molecule has 0 bridgehead atoms. The van der Waals surface area contributed by atoms with Crippen molar-refractivity contribution in [2.24, 2.45) is 0 Å². The summed E-state index contributed by atoms with van der Waals surface area (Å²) in [4.78, 5) is 38.6. The molecule has 2 N–H and O–H groups in total. The molecule has 4 atom stereocenters. The van der Waals surface area contributed by atoms with E-state index in [1.165, 1.54) is 85.0 Å². The number of aryl methyl sites for hydroxylation is 8. The average molecular weight is 899 g/mol. The van der Waals surface area contributed by atoms with E-state index in [-0.39, 0.29) is 48.4 Å². The van der Waals surface area contributed by atoms with E-state index >= 15 is 0 Å². The second kappa shape index (κ2) is 23.5. The van der Waals surface area contributed by atoms with Gasteiger partial charge in [-0.3, -0.25) is 33.9 Å². The molecule has 0 saturated carbocycles. The van der Waals surface area contributed by atoms with Crippen LogP contribution in [0.2, 0.25) is 0 Å². The molecule has 4 aliphatic rings. The summed E-state index contributed by atoms with van der Waals surface area (Å²) in [5, 5.41) is 19.1. The minimum Gasteiger partial charge on any atom is -0.870 e. The first-order valence-electron chi connectivity index (χ1n) is 23.8. The van der Waals surface area contributed by atoms with Crippen molar-refractivity contribution in [2.75, 3.05) is 33.3 Å². The van der Waals surface area contributed by atoms with Crippen molar-refractivity contribution >= 4 is 11.9 Å². The summed E-state index contributed by atoms with van der Waals surface area (Å²) in [7, 11) is 1.46. The van der Waals surface area contributed by atoms with E-state index in [0.717, 1.165) is 87.8 Å². The van der Waals surface area contributed by atoms with E-state index in [1.54, 1.807) is 0 Å². The number of nitrogens with zero attached hydrogens (tertiary/aromatic N) is 8. The van der Waals surface area contributed by atoms with Gasteiger partial charge in [0.2, 0.25) is 0 Å². The first kappa shape index (κ1) is 49.5. The maximum absolute atomic E-state index is 12.6. The second-order valence-corrected chi connectivity index (χ2v) is 18.3. The largest absolute Gasteiger partial charge is 1.00 e. The Bertz CT molecular complexity index is 2530. The molecule has 2 aliphatic carbocycles. The summed E-state index contributed by atoms with van der Waals surface area (Å²) in [6.45, 7) is 3.07. The van der Waals surface area contributed by atoms with Gasteiger partial charge < -0.3 is 15.3 Å². The predicted molar refractivity (Wildman–Crippen MR) is 251 cm³/mol. The number of carboxylic acid groups (broad SMARTS) is 1. The van der Waals surface area contributed by atoms with Crippen molar-refractivity contribution < 1.29 is 43.8 Å². The number of likely N-dealkylation sites (tertiary alicyclic amines) is 2. The van der Waals surface area contributed by atoms with Crippen LogP contribution < -0.4 is 18.9 Å². The Morgan fingerprint density at radius 1 is 0.627 bits per heavy atom. The zero-order chi connectivity index (χ0) is 44.5. The summed E-state index contributed by atoms with van der Waals surface area (Å²) in [5.41, 5.74) is 12.1. The number of aliphatic carboxylic acids is 1. The third-order valence-electron chi connectivity index (χ3n) is 13.9. The molecule has 10 rings (SSSR count). The molecule has 14 heteroatoms. The van der Waals surface area contributed by atoms with Gasteiger partial charge in [0, 0.05) is 61.3 Å². The van der Waals surface area contributed by atoms with Gasteiger partial charge in [-0.05, 0) is 135 Å². The molecule has 2 aromatic carbocycles. The monoisotopic (exact) mass is 899 g/mol. The number of pyridine rings is 2. The summed E-state index contributed by atoms with van der Waals surface area (Å²) >= 11 is 0. The number of rotatable bonds is 14. The van der Waals surface area contributed by atoms with Crippen molar-refractivity contribution in [3.63, 3.8) is 0 Å². The number of carbonyl (C=O) groups excluding carboxylic acids is 1. The van der Waals surface area contributed by atoms with E-state index in [1.807, 2.05) is 77.7 Å². The summed E-state index contributed by atoms with van der Waals surface area (Å²) in [6, 6.07) is 27.8. The van der Waals surface area contributed by atoms with Crippen molar-refractivity contribution in [3.05, 3.63) is 166 Å². The van der Waals surface area contributed by atoms with Crippen LogP contribution in [0.1, 0.15) is 119 Å². The molecule has 6 aromatic rings. The van der Waals surface area contributed by atoms with Crippen molar-refractivity contribution in [3.8, 4) is 0 Å². The Hall–Kier alpha value is -5.42. The fourth-order valence-electron chi connectivity index (χ4n) is 10.3. The summed E-state index contributed by atoms with van der Waals surface area (Å²) < 4.78 is 9.23. The van der Waals surface area contributed by atoms with Crippen LogP contribution in [-0.2, 0) is 65.7 Å². The van der Waals surface area contributed by atoms with E-state index in [0.29, 0.717) is 6.54 Å². The van der Waals surface area contributed by atoms with Crippen molar-refractivity contribution in [1.29, 1.82) is 0 Å². The molecule has 2 unspecified atom stereocenters. The van der Waals surface area contributed by atoms with Crippen LogP contribution in [0.5, 0.6) is 0 Å². The molecule has 0 amide bonds. The second-order valence-electron chi connectivity index (χ2n) is 18.3. The molecule has 2 aliphatic heterocycles. The molecule has 6 heterocycles. The Morgan fingerprint density at radius 2 is 1.07 bits per heavy atom.